The number of hydrogen-bond acceptors (Lipinski definition) is 1. The SMILES string of the molecule is CCOC=CC1CC1. The zero-order valence-corrected chi connectivity index (χ0v) is 5.26. The van der Waals surface area contributed by atoms with Crippen molar-refractivity contribution in [3.8, 4) is 0 Å². The van der Waals surface area contributed by atoms with Crippen LogP contribution < -0.4 is 0 Å². The summed E-state index contributed by atoms with van der Waals surface area (Å²) >= 11 is 0. The van der Waals surface area contributed by atoms with Crippen molar-refractivity contribution in [3.63, 3.8) is 0 Å². The highest BCUT2D eigenvalue weighted by atomic mass is 16.5. The molecule has 0 heterocycles. The van der Waals surface area contributed by atoms with E-state index in [1.54, 1.807) is 0 Å². The Hall–Kier alpha value is -0.460. The molecule has 1 heteroatoms. The smallest absolute Gasteiger partial charge is 0.0845 e. The monoisotopic (exact) mass is 112 g/mol. The molecule has 0 unspecified atom stereocenters. The normalized spacial score (nSPS) is 19.6. The maximum absolute atomic E-state index is 5.00. The van der Waals surface area contributed by atoms with E-state index in [0.29, 0.717) is 0 Å². The van der Waals surface area contributed by atoms with E-state index in [4.69, 9.17) is 4.74 Å². The second kappa shape index (κ2) is 2.75. The van der Waals surface area contributed by atoms with Crippen molar-refractivity contribution >= 4 is 0 Å². The lowest BCUT2D eigenvalue weighted by atomic mass is 10.4. The van der Waals surface area contributed by atoms with Gasteiger partial charge in [-0.2, -0.15) is 0 Å². The Bertz CT molecular complexity index is 82.4. The van der Waals surface area contributed by atoms with Gasteiger partial charge in [-0.3, -0.25) is 0 Å². The Morgan fingerprint density at radius 3 is 2.88 bits per heavy atom. The van der Waals surface area contributed by atoms with E-state index in [1.165, 1.54) is 12.8 Å². The summed E-state index contributed by atoms with van der Waals surface area (Å²) in [5.41, 5.74) is 0. The van der Waals surface area contributed by atoms with E-state index in [-0.39, 0.29) is 0 Å². The van der Waals surface area contributed by atoms with Crippen LogP contribution in [0, 0.1) is 5.92 Å². The van der Waals surface area contributed by atoms with E-state index in [2.05, 4.69) is 6.08 Å². The molecule has 1 aliphatic carbocycles. The van der Waals surface area contributed by atoms with Crippen LogP contribution in [0.3, 0.4) is 0 Å². The van der Waals surface area contributed by atoms with Gasteiger partial charge in [-0.25, -0.2) is 0 Å². The summed E-state index contributed by atoms with van der Waals surface area (Å²) in [5.74, 6) is 0.849. The van der Waals surface area contributed by atoms with Crippen LogP contribution >= 0.6 is 0 Å². The Labute approximate surface area is 50.3 Å². The molecule has 46 valence electrons. The highest BCUT2D eigenvalue weighted by Gasteiger charge is 2.16. The Kier molecular flexibility index (Phi) is 1.95. The summed E-state index contributed by atoms with van der Waals surface area (Å²) in [7, 11) is 0. The molecule has 0 spiro atoms. The third-order valence-corrected chi connectivity index (χ3v) is 1.24. The van der Waals surface area contributed by atoms with Crippen LogP contribution in [0.15, 0.2) is 12.3 Å². The molecule has 0 aromatic heterocycles. The lowest BCUT2D eigenvalue weighted by Gasteiger charge is -1.89. The van der Waals surface area contributed by atoms with Gasteiger partial charge in [0.25, 0.3) is 0 Å². The van der Waals surface area contributed by atoms with Crippen LogP contribution in [0.1, 0.15) is 19.8 Å². The molecule has 0 saturated heterocycles. The number of ether oxygens (including phenoxy) is 1. The van der Waals surface area contributed by atoms with Gasteiger partial charge < -0.3 is 4.74 Å². The zero-order valence-electron chi connectivity index (χ0n) is 5.26. The fourth-order valence-corrected chi connectivity index (χ4v) is 0.552. The molecule has 1 saturated carbocycles. The average Bonchev–Trinajstić information content (AvgIpc) is 2.51. The van der Waals surface area contributed by atoms with E-state index < -0.39 is 0 Å². The van der Waals surface area contributed by atoms with Gasteiger partial charge in [0.1, 0.15) is 0 Å². The minimum Gasteiger partial charge on any atom is -0.502 e. The minimum atomic E-state index is 0.795. The molecule has 0 aliphatic heterocycles. The molecule has 0 atom stereocenters. The lowest BCUT2D eigenvalue weighted by Crippen LogP contribution is -1.76. The van der Waals surface area contributed by atoms with Gasteiger partial charge in [-0.05, 0) is 31.8 Å². The van der Waals surface area contributed by atoms with Crippen LogP contribution in [0.5, 0.6) is 0 Å². The summed E-state index contributed by atoms with van der Waals surface area (Å²) < 4.78 is 5.00. The third kappa shape index (κ3) is 2.01. The molecule has 1 aliphatic rings. The maximum atomic E-state index is 5.00. The van der Waals surface area contributed by atoms with E-state index >= 15 is 0 Å². The van der Waals surface area contributed by atoms with Crippen LogP contribution in [-0.2, 0) is 4.74 Å². The number of hydrogen-bond donors (Lipinski definition) is 0. The largest absolute Gasteiger partial charge is 0.502 e. The zero-order chi connectivity index (χ0) is 5.82. The standard InChI is InChI=1S/C7H12O/c1-2-8-6-5-7-3-4-7/h5-7H,2-4H2,1H3. The maximum Gasteiger partial charge on any atom is 0.0845 e. The third-order valence-electron chi connectivity index (χ3n) is 1.24. The Balaban J connectivity index is 1.96. The Morgan fingerprint density at radius 2 is 2.38 bits per heavy atom. The summed E-state index contributed by atoms with van der Waals surface area (Å²) in [6.07, 6.45) is 6.69. The topological polar surface area (TPSA) is 9.23 Å². The van der Waals surface area contributed by atoms with E-state index in [0.717, 1.165) is 12.5 Å². The van der Waals surface area contributed by atoms with Crippen molar-refractivity contribution in [1.82, 2.24) is 0 Å². The predicted octanol–water partition coefficient (Wildman–Crippen LogP) is 1.95. The average molecular weight is 112 g/mol. The van der Waals surface area contributed by atoms with Crippen LogP contribution in [-0.4, -0.2) is 6.61 Å². The van der Waals surface area contributed by atoms with E-state index in [1.807, 2.05) is 13.2 Å². The van der Waals surface area contributed by atoms with Gasteiger partial charge in [0, 0.05) is 0 Å². The molecule has 0 bridgehead atoms. The first-order valence-electron chi connectivity index (χ1n) is 3.21. The van der Waals surface area contributed by atoms with Crippen molar-refractivity contribution in [2.45, 2.75) is 19.8 Å². The molecule has 0 aromatic rings. The van der Waals surface area contributed by atoms with Crippen molar-refractivity contribution < 1.29 is 4.74 Å². The molecule has 8 heavy (non-hydrogen) atoms. The Morgan fingerprint density at radius 1 is 1.62 bits per heavy atom. The molecule has 0 aromatic carbocycles. The van der Waals surface area contributed by atoms with Crippen molar-refractivity contribution in [2.24, 2.45) is 5.92 Å². The minimum absolute atomic E-state index is 0.795. The van der Waals surface area contributed by atoms with Gasteiger partial charge in [-0.1, -0.05) is 0 Å². The predicted molar refractivity (Wildman–Crippen MR) is 33.5 cm³/mol. The van der Waals surface area contributed by atoms with Gasteiger partial charge in [0.2, 0.25) is 0 Å². The van der Waals surface area contributed by atoms with Gasteiger partial charge in [0.05, 0.1) is 12.9 Å². The summed E-state index contributed by atoms with van der Waals surface area (Å²) in [4.78, 5) is 0. The van der Waals surface area contributed by atoms with Crippen LogP contribution in [0.25, 0.3) is 0 Å². The number of allylic oxidation sites excluding steroid dienone is 1. The highest BCUT2D eigenvalue weighted by molar-refractivity contribution is 4.92. The molecule has 0 amide bonds. The van der Waals surface area contributed by atoms with Crippen molar-refractivity contribution in [3.05, 3.63) is 12.3 Å². The molecule has 1 rings (SSSR count). The highest BCUT2D eigenvalue weighted by Crippen LogP contribution is 2.29. The van der Waals surface area contributed by atoms with E-state index in [9.17, 15) is 0 Å². The number of rotatable bonds is 3. The van der Waals surface area contributed by atoms with Crippen molar-refractivity contribution in [2.75, 3.05) is 6.61 Å². The molecular weight excluding hydrogens is 100 g/mol. The van der Waals surface area contributed by atoms with Gasteiger partial charge in [0.15, 0.2) is 0 Å². The molecule has 1 nitrogen and oxygen atoms in total. The van der Waals surface area contributed by atoms with Crippen LogP contribution in [0.4, 0.5) is 0 Å². The second-order valence-corrected chi connectivity index (χ2v) is 2.12. The van der Waals surface area contributed by atoms with Gasteiger partial charge >= 0.3 is 0 Å². The first-order valence-corrected chi connectivity index (χ1v) is 3.21. The first kappa shape index (κ1) is 5.67. The lowest BCUT2D eigenvalue weighted by molar-refractivity contribution is 0.268. The molecule has 0 N–H and O–H groups in total. The van der Waals surface area contributed by atoms with Crippen LogP contribution in [0.2, 0.25) is 0 Å². The fraction of sp³-hybridized carbons (Fsp3) is 0.714. The molecule has 0 radical (unpaired) electrons. The first-order chi connectivity index (χ1) is 3.93. The quantitative estimate of drug-likeness (QED) is 0.507. The van der Waals surface area contributed by atoms with Gasteiger partial charge in [-0.15, -0.1) is 0 Å². The summed E-state index contributed by atoms with van der Waals surface area (Å²) in [6, 6.07) is 0. The fourth-order valence-electron chi connectivity index (χ4n) is 0.552. The summed E-state index contributed by atoms with van der Waals surface area (Å²) in [5, 5.41) is 0. The second-order valence-electron chi connectivity index (χ2n) is 2.12. The molecule has 1 fully saturated rings. The summed E-state index contributed by atoms with van der Waals surface area (Å²) in [6.45, 7) is 2.79. The molecular formula is C7H12O. The van der Waals surface area contributed by atoms with Crippen molar-refractivity contribution in [1.29, 1.82) is 0 Å².